The van der Waals surface area contributed by atoms with Gasteiger partial charge in [-0.25, -0.2) is 9.98 Å². The van der Waals surface area contributed by atoms with Gasteiger partial charge in [-0.15, -0.1) is 0 Å². The maximum absolute atomic E-state index is 11.4. The number of fused-ring (bicyclic) bond motifs is 1. The Kier molecular flexibility index (Phi) is 4.78. The summed E-state index contributed by atoms with van der Waals surface area (Å²) in [4.78, 5) is 20.3. The molecule has 0 amide bonds. The van der Waals surface area contributed by atoms with Gasteiger partial charge >= 0.3 is 5.97 Å². The molecule has 5 heteroatoms. The Morgan fingerprint density at radius 3 is 2.74 bits per heavy atom. The Bertz CT molecular complexity index is 805. The number of benzene rings is 2. The lowest BCUT2D eigenvalue weighted by Gasteiger charge is -2.03. The van der Waals surface area contributed by atoms with Gasteiger partial charge in [0.2, 0.25) is 5.13 Å². The topological polar surface area (TPSA) is 51.5 Å². The number of esters is 1. The van der Waals surface area contributed by atoms with E-state index in [-0.39, 0.29) is 5.97 Å². The fourth-order valence-corrected chi connectivity index (χ4v) is 2.86. The van der Waals surface area contributed by atoms with Crippen molar-refractivity contribution < 1.29 is 9.53 Å². The van der Waals surface area contributed by atoms with Crippen molar-refractivity contribution in [3.05, 3.63) is 54.1 Å². The number of carbonyl (C=O) groups is 1. The average molecular weight is 324 g/mol. The van der Waals surface area contributed by atoms with Crippen LogP contribution in [0.15, 0.2) is 53.5 Å². The number of thiazole rings is 1. The molecule has 0 N–H and O–H groups in total. The summed E-state index contributed by atoms with van der Waals surface area (Å²) in [6.07, 6.45) is 2.97. The average Bonchev–Trinajstić information content (AvgIpc) is 2.97. The number of rotatable bonds is 5. The zero-order chi connectivity index (χ0) is 16.1. The monoisotopic (exact) mass is 324 g/mol. The molecular formula is C18H16N2O2S. The highest BCUT2D eigenvalue weighted by molar-refractivity contribution is 7.22. The van der Waals surface area contributed by atoms with E-state index < -0.39 is 0 Å². The van der Waals surface area contributed by atoms with E-state index in [2.05, 4.69) is 9.98 Å². The van der Waals surface area contributed by atoms with E-state index in [0.717, 1.165) is 27.3 Å². The third kappa shape index (κ3) is 4.02. The number of aromatic nitrogens is 1. The second kappa shape index (κ2) is 7.15. The van der Waals surface area contributed by atoms with Gasteiger partial charge in [-0.2, -0.15) is 0 Å². The van der Waals surface area contributed by atoms with Crippen LogP contribution in [-0.4, -0.2) is 17.2 Å². The second-order valence-corrected chi connectivity index (χ2v) is 6.02. The van der Waals surface area contributed by atoms with Gasteiger partial charge in [0.25, 0.3) is 0 Å². The Balaban J connectivity index is 1.68. The van der Waals surface area contributed by atoms with E-state index in [1.54, 1.807) is 29.7 Å². The maximum Gasteiger partial charge on any atom is 0.311 e. The van der Waals surface area contributed by atoms with Gasteiger partial charge in [-0.05, 0) is 48.4 Å². The minimum absolute atomic E-state index is 0.205. The molecule has 0 bridgehead atoms. The van der Waals surface area contributed by atoms with Crippen molar-refractivity contribution in [2.75, 3.05) is 0 Å². The van der Waals surface area contributed by atoms with E-state index in [4.69, 9.17) is 4.74 Å². The number of ether oxygens (including phenoxy) is 1. The SMILES string of the molecule is CCCC(=O)Oc1ccc(/C=N/c2nc3ccccc3s2)cc1. The number of hydrogen-bond donors (Lipinski definition) is 0. The van der Waals surface area contributed by atoms with Crippen LogP contribution >= 0.6 is 11.3 Å². The molecule has 0 radical (unpaired) electrons. The number of para-hydroxylation sites is 1. The van der Waals surface area contributed by atoms with Crippen molar-refractivity contribution in [3.8, 4) is 5.75 Å². The molecular weight excluding hydrogens is 308 g/mol. The molecule has 0 saturated heterocycles. The quantitative estimate of drug-likeness (QED) is 0.386. The Morgan fingerprint density at radius 1 is 1.22 bits per heavy atom. The Hall–Kier alpha value is -2.53. The molecule has 1 aromatic heterocycles. The minimum atomic E-state index is -0.205. The van der Waals surface area contributed by atoms with Crippen LogP contribution in [-0.2, 0) is 4.79 Å². The highest BCUT2D eigenvalue weighted by Crippen LogP contribution is 2.27. The van der Waals surface area contributed by atoms with Crippen molar-refractivity contribution in [2.45, 2.75) is 19.8 Å². The largest absolute Gasteiger partial charge is 0.427 e. The lowest BCUT2D eigenvalue weighted by Crippen LogP contribution is -2.06. The van der Waals surface area contributed by atoms with E-state index in [0.29, 0.717) is 12.2 Å². The lowest BCUT2D eigenvalue weighted by atomic mass is 10.2. The third-order valence-electron chi connectivity index (χ3n) is 3.17. The highest BCUT2D eigenvalue weighted by atomic mass is 32.1. The first-order chi connectivity index (χ1) is 11.2. The van der Waals surface area contributed by atoms with Crippen LogP contribution in [0.5, 0.6) is 5.75 Å². The molecule has 23 heavy (non-hydrogen) atoms. The van der Waals surface area contributed by atoms with Gasteiger partial charge in [0.15, 0.2) is 0 Å². The fourth-order valence-electron chi connectivity index (χ4n) is 2.05. The molecule has 0 atom stereocenters. The van der Waals surface area contributed by atoms with Gasteiger partial charge in [0.1, 0.15) is 5.75 Å². The first kappa shape index (κ1) is 15.4. The molecule has 0 spiro atoms. The van der Waals surface area contributed by atoms with Gasteiger partial charge in [-0.1, -0.05) is 30.4 Å². The molecule has 0 saturated carbocycles. The summed E-state index contributed by atoms with van der Waals surface area (Å²) < 4.78 is 6.34. The van der Waals surface area contributed by atoms with Crippen LogP contribution < -0.4 is 4.74 Å². The predicted octanol–water partition coefficient (Wildman–Crippen LogP) is 4.75. The fraction of sp³-hybridized carbons (Fsp3) is 0.167. The Labute approximate surface area is 138 Å². The predicted molar refractivity (Wildman–Crippen MR) is 93.9 cm³/mol. The van der Waals surface area contributed by atoms with Gasteiger partial charge < -0.3 is 4.74 Å². The van der Waals surface area contributed by atoms with Crippen LogP contribution in [0.1, 0.15) is 25.3 Å². The smallest absolute Gasteiger partial charge is 0.311 e. The zero-order valence-corrected chi connectivity index (χ0v) is 13.5. The van der Waals surface area contributed by atoms with Crippen LogP contribution in [0.2, 0.25) is 0 Å². The summed E-state index contributed by atoms with van der Waals surface area (Å²) in [6.45, 7) is 1.95. The van der Waals surface area contributed by atoms with Crippen molar-refractivity contribution in [2.24, 2.45) is 4.99 Å². The first-order valence-corrected chi connectivity index (χ1v) is 8.26. The third-order valence-corrected chi connectivity index (χ3v) is 4.12. The van der Waals surface area contributed by atoms with Crippen molar-refractivity contribution in [1.82, 2.24) is 4.98 Å². The first-order valence-electron chi connectivity index (χ1n) is 7.45. The van der Waals surface area contributed by atoms with Crippen molar-refractivity contribution in [3.63, 3.8) is 0 Å². The number of carbonyl (C=O) groups excluding carboxylic acids is 1. The van der Waals surface area contributed by atoms with Crippen LogP contribution in [0, 0.1) is 0 Å². The zero-order valence-electron chi connectivity index (χ0n) is 12.7. The Morgan fingerprint density at radius 2 is 2.00 bits per heavy atom. The summed E-state index contributed by atoms with van der Waals surface area (Å²) in [5.74, 6) is 0.351. The van der Waals surface area contributed by atoms with Crippen LogP contribution in [0.4, 0.5) is 5.13 Å². The summed E-state index contributed by atoms with van der Waals surface area (Å²) in [6, 6.07) is 15.2. The minimum Gasteiger partial charge on any atom is -0.427 e. The molecule has 4 nitrogen and oxygen atoms in total. The summed E-state index contributed by atoms with van der Waals surface area (Å²) in [5.41, 5.74) is 1.89. The highest BCUT2D eigenvalue weighted by Gasteiger charge is 2.03. The molecule has 2 aromatic carbocycles. The van der Waals surface area contributed by atoms with Gasteiger partial charge in [0.05, 0.1) is 10.2 Å². The van der Waals surface area contributed by atoms with Crippen molar-refractivity contribution in [1.29, 1.82) is 0 Å². The van der Waals surface area contributed by atoms with E-state index >= 15 is 0 Å². The molecule has 0 unspecified atom stereocenters. The molecule has 0 aliphatic heterocycles. The molecule has 3 rings (SSSR count). The molecule has 3 aromatic rings. The summed E-state index contributed by atoms with van der Waals surface area (Å²) >= 11 is 1.56. The van der Waals surface area contributed by atoms with E-state index in [1.165, 1.54) is 0 Å². The van der Waals surface area contributed by atoms with Crippen LogP contribution in [0.3, 0.4) is 0 Å². The van der Waals surface area contributed by atoms with Gasteiger partial charge in [-0.3, -0.25) is 4.79 Å². The summed E-state index contributed by atoms with van der Waals surface area (Å²) in [5, 5.41) is 0.727. The second-order valence-electron chi connectivity index (χ2n) is 5.02. The molecule has 0 fully saturated rings. The van der Waals surface area contributed by atoms with E-state index in [1.807, 2.05) is 43.3 Å². The molecule has 0 aliphatic rings. The van der Waals surface area contributed by atoms with Gasteiger partial charge in [0, 0.05) is 12.6 Å². The number of nitrogens with zero attached hydrogens (tertiary/aromatic N) is 2. The molecule has 0 aliphatic carbocycles. The number of aliphatic imine (C=N–C) groups is 1. The number of hydrogen-bond acceptors (Lipinski definition) is 5. The molecule has 1 heterocycles. The normalized spacial score (nSPS) is 11.2. The summed E-state index contributed by atoms with van der Waals surface area (Å²) in [7, 11) is 0. The molecule has 116 valence electrons. The maximum atomic E-state index is 11.4. The van der Waals surface area contributed by atoms with E-state index in [9.17, 15) is 4.79 Å². The van der Waals surface area contributed by atoms with Crippen molar-refractivity contribution >= 4 is 38.9 Å². The standard InChI is InChI=1S/C18H16N2O2S/c1-2-5-17(21)22-14-10-8-13(9-11-14)12-19-18-20-15-6-3-4-7-16(15)23-18/h3-4,6-12H,2,5H2,1H3/b19-12+. The van der Waals surface area contributed by atoms with Crippen LogP contribution in [0.25, 0.3) is 10.2 Å². The lowest BCUT2D eigenvalue weighted by molar-refractivity contribution is -0.134.